The van der Waals surface area contributed by atoms with Crippen molar-refractivity contribution in [2.24, 2.45) is 10.9 Å². The Hall–Kier alpha value is -3.55. The second-order valence-corrected chi connectivity index (χ2v) is 7.87. The lowest BCUT2D eigenvalue weighted by Gasteiger charge is -2.31. The number of nitrogens with one attached hydrogen (secondary N) is 2. The molecule has 2 aliphatic rings. The van der Waals surface area contributed by atoms with Crippen LogP contribution in [-0.2, 0) is 9.59 Å². The summed E-state index contributed by atoms with van der Waals surface area (Å²) in [6.07, 6.45) is 0. The van der Waals surface area contributed by atoms with Gasteiger partial charge in [-0.2, -0.15) is 0 Å². The van der Waals surface area contributed by atoms with Gasteiger partial charge in [-0.1, -0.05) is 38.1 Å². The van der Waals surface area contributed by atoms with Crippen molar-refractivity contribution in [1.82, 2.24) is 10.7 Å². The lowest BCUT2D eigenvalue weighted by molar-refractivity contribution is -0.120. The van der Waals surface area contributed by atoms with Crippen molar-refractivity contribution in [1.29, 1.82) is 0 Å². The van der Waals surface area contributed by atoms with Gasteiger partial charge in [-0.3, -0.25) is 15.0 Å². The summed E-state index contributed by atoms with van der Waals surface area (Å²) < 4.78 is 11.3. The number of rotatable bonds is 5. The molecule has 31 heavy (non-hydrogen) atoms. The molecule has 4 rings (SSSR count). The molecule has 2 N–H and O–H groups in total. The molecule has 0 saturated carbocycles. The van der Waals surface area contributed by atoms with Gasteiger partial charge in [-0.25, -0.2) is 10.0 Å². The van der Waals surface area contributed by atoms with Crippen LogP contribution in [0.25, 0.3) is 0 Å². The van der Waals surface area contributed by atoms with Crippen LogP contribution in [0.2, 0.25) is 0 Å². The van der Waals surface area contributed by atoms with E-state index in [1.165, 1.54) is 5.01 Å². The zero-order chi connectivity index (χ0) is 22.0. The van der Waals surface area contributed by atoms with Crippen molar-refractivity contribution in [2.75, 3.05) is 18.2 Å². The van der Waals surface area contributed by atoms with Crippen LogP contribution < -0.4 is 25.2 Å². The molecule has 2 amide bonds. The number of para-hydroxylation sites is 1. The van der Waals surface area contributed by atoms with Crippen molar-refractivity contribution in [3.05, 3.63) is 54.1 Å². The van der Waals surface area contributed by atoms with Gasteiger partial charge in [0.15, 0.2) is 11.5 Å². The predicted octanol–water partition coefficient (Wildman–Crippen LogP) is 2.61. The Morgan fingerprint density at radius 2 is 1.84 bits per heavy atom. The van der Waals surface area contributed by atoms with E-state index in [4.69, 9.17) is 9.47 Å². The molecule has 162 valence electrons. The number of anilines is 1. The normalized spacial score (nSPS) is 18.8. The minimum atomic E-state index is -0.672. The molecule has 8 heteroatoms. The minimum absolute atomic E-state index is 0.0964. The molecule has 2 atom stereocenters. The minimum Gasteiger partial charge on any atom is -0.486 e. The number of amidine groups is 1. The predicted molar refractivity (Wildman–Crippen MR) is 117 cm³/mol. The first-order chi connectivity index (χ1) is 14.9. The first kappa shape index (κ1) is 20.7. The largest absolute Gasteiger partial charge is 0.486 e. The number of ether oxygens (including phenoxy) is 2. The number of hydrazine groups is 1. The standard InChI is InChI=1S/C23H26N4O4/c1-14(2)20(16-9-10-18-19(13-16)31-12-11-30-18)25-22(28)21-24-15(3)23(29)27(26-21)17-7-5-4-6-8-17/h4-10,13-15,20H,11-12H2,1-3H3,(H,24,26)(H,25,28)/t15-,20-/m1/s1. The summed E-state index contributed by atoms with van der Waals surface area (Å²) in [5.74, 6) is 0.974. The number of fused-ring (bicyclic) bond motifs is 1. The number of amides is 2. The van der Waals surface area contributed by atoms with Crippen molar-refractivity contribution >= 4 is 23.3 Å². The van der Waals surface area contributed by atoms with Gasteiger partial charge in [-0.05, 0) is 42.7 Å². The van der Waals surface area contributed by atoms with E-state index in [2.05, 4.69) is 15.7 Å². The van der Waals surface area contributed by atoms with Crippen molar-refractivity contribution in [3.63, 3.8) is 0 Å². The summed E-state index contributed by atoms with van der Waals surface area (Å²) in [7, 11) is 0. The SMILES string of the molecule is CC(C)[C@@H](NC(=O)C1=N[C@H](C)C(=O)N(c2ccccc2)N1)c1ccc2c(c1)OCCO2. The fourth-order valence-corrected chi connectivity index (χ4v) is 3.60. The molecule has 0 radical (unpaired) electrons. The van der Waals surface area contributed by atoms with E-state index in [-0.39, 0.29) is 29.6 Å². The number of carbonyl (C=O) groups excluding carboxylic acids is 2. The molecule has 8 nitrogen and oxygen atoms in total. The maximum Gasteiger partial charge on any atom is 0.288 e. The van der Waals surface area contributed by atoms with E-state index in [0.29, 0.717) is 30.4 Å². The highest BCUT2D eigenvalue weighted by atomic mass is 16.6. The maximum atomic E-state index is 13.1. The highest BCUT2D eigenvalue weighted by molar-refractivity contribution is 6.39. The molecular weight excluding hydrogens is 396 g/mol. The molecule has 2 aromatic rings. The van der Waals surface area contributed by atoms with E-state index >= 15 is 0 Å². The van der Waals surface area contributed by atoms with E-state index < -0.39 is 6.04 Å². The van der Waals surface area contributed by atoms with Crippen LogP contribution in [0, 0.1) is 5.92 Å². The molecule has 0 aromatic heterocycles. The quantitative estimate of drug-likeness (QED) is 0.773. The number of benzene rings is 2. The summed E-state index contributed by atoms with van der Waals surface area (Å²) in [5, 5.41) is 4.41. The van der Waals surface area contributed by atoms with Gasteiger partial charge >= 0.3 is 0 Å². The number of hydrogen-bond acceptors (Lipinski definition) is 6. The molecule has 0 bridgehead atoms. The summed E-state index contributed by atoms with van der Waals surface area (Å²) in [4.78, 5) is 30.0. The zero-order valence-electron chi connectivity index (χ0n) is 17.8. The summed E-state index contributed by atoms with van der Waals surface area (Å²) in [5.41, 5.74) is 4.43. The molecule has 0 fully saturated rings. The second-order valence-electron chi connectivity index (χ2n) is 7.87. The van der Waals surface area contributed by atoms with Crippen LogP contribution in [0.3, 0.4) is 0 Å². The zero-order valence-corrected chi connectivity index (χ0v) is 17.8. The molecule has 2 aromatic carbocycles. The first-order valence-electron chi connectivity index (χ1n) is 10.4. The fourth-order valence-electron chi connectivity index (χ4n) is 3.60. The molecule has 2 heterocycles. The maximum absolute atomic E-state index is 13.1. The van der Waals surface area contributed by atoms with Gasteiger partial charge in [0.05, 0.1) is 11.7 Å². The van der Waals surface area contributed by atoms with Gasteiger partial charge in [-0.15, -0.1) is 0 Å². The Bertz CT molecular complexity index is 1010. The highest BCUT2D eigenvalue weighted by Crippen LogP contribution is 2.34. The lowest BCUT2D eigenvalue weighted by atomic mass is 9.95. The van der Waals surface area contributed by atoms with Gasteiger partial charge in [0.2, 0.25) is 5.84 Å². The topological polar surface area (TPSA) is 92.3 Å². The third-order valence-corrected chi connectivity index (χ3v) is 5.23. The number of hydrogen-bond donors (Lipinski definition) is 2. The Balaban J connectivity index is 1.55. The van der Waals surface area contributed by atoms with Crippen molar-refractivity contribution in [2.45, 2.75) is 32.9 Å². The molecule has 2 aliphatic heterocycles. The monoisotopic (exact) mass is 422 g/mol. The third-order valence-electron chi connectivity index (χ3n) is 5.23. The molecule has 0 unspecified atom stereocenters. The van der Waals surface area contributed by atoms with Gasteiger partial charge in [0.1, 0.15) is 19.3 Å². The summed E-state index contributed by atoms with van der Waals surface area (Å²) in [6, 6.07) is 13.9. The molecule has 0 saturated heterocycles. The van der Waals surface area contributed by atoms with Crippen LogP contribution in [0.1, 0.15) is 32.4 Å². The van der Waals surface area contributed by atoms with Crippen molar-refractivity contribution in [3.8, 4) is 11.5 Å². The fraction of sp³-hybridized carbons (Fsp3) is 0.348. The third kappa shape index (κ3) is 4.33. The van der Waals surface area contributed by atoms with Crippen LogP contribution in [-0.4, -0.2) is 36.9 Å². The van der Waals surface area contributed by atoms with E-state index in [0.717, 1.165) is 5.56 Å². The molecule has 0 spiro atoms. The van der Waals surface area contributed by atoms with Crippen LogP contribution in [0.15, 0.2) is 53.5 Å². The Kier molecular flexibility index (Phi) is 5.79. The lowest BCUT2D eigenvalue weighted by Crippen LogP contribution is -2.58. The molecule has 0 aliphatic carbocycles. The van der Waals surface area contributed by atoms with E-state index in [1.807, 2.05) is 50.2 Å². The smallest absolute Gasteiger partial charge is 0.288 e. The first-order valence-corrected chi connectivity index (χ1v) is 10.4. The van der Waals surface area contributed by atoms with Gasteiger partial charge in [0, 0.05) is 0 Å². The van der Waals surface area contributed by atoms with E-state index in [1.54, 1.807) is 19.1 Å². The Labute approximate surface area is 181 Å². The van der Waals surface area contributed by atoms with Gasteiger partial charge in [0.25, 0.3) is 11.8 Å². The Morgan fingerprint density at radius 3 is 2.55 bits per heavy atom. The number of carbonyl (C=O) groups is 2. The molecular formula is C23H26N4O4. The number of nitrogens with zero attached hydrogens (tertiary/aromatic N) is 2. The average molecular weight is 422 g/mol. The summed E-state index contributed by atoms with van der Waals surface area (Å²) in [6.45, 7) is 6.75. The Morgan fingerprint density at radius 1 is 1.13 bits per heavy atom. The van der Waals surface area contributed by atoms with Gasteiger partial charge < -0.3 is 14.8 Å². The summed E-state index contributed by atoms with van der Waals surface area (Å²) >= 11 is 0. The van der Waals surface area contributed by atoms with Crippen LogP contribution >= 0.6 is 0 Å². The van der Waals surface area contributed by atoms with Crippen LogP contribution in [0.4, 0.5) is 5.69 Å². The van der Waals surface area contributed by atoms with Crippen LogP contribution in [0.5, 0.6) is 11.5 Å². The second kappa shape index (κ2) is 8.67. The van der Waals surface area contributed by atoms with E-state index in [9.17, 15) is 9.59 Å². The number of aliphatic imine (C=N–C) groups is 1. The average Bonchev–Trinajstić information content (AvgIpc) is 2.79. The van der Waals surface area contributed by atoms with Crippen molar-refractivity contribution < 1.29 is 19.1 Å². The highest BCUT2D eigenvalue weighted by Gasteiger charge is 2.32.